The van der Waals surface area contributed by atoms with Gasteiger partial charge in [-0.25, -0.2) is 9.59 Å². The van der Waals surface area contributed by atoms with Crippen LogP contribution in [0.4, 0.5) is 0 Å². The van der Waals surface area contributed by atoms with E-state index < -0.39 is 17.7 Å². The monoisotopic (exact) mass is 249 g/mol. The number of nitrogens with zero attached hydrogens (tertiary/aromatic N) is 1. The van der Waals surface area contributed by atoms with Gasteiger partial charge in [-0.05, 0) is 17.7 Å². The van der Waals surface area contributed by atoms with Gasteiger partial charge in [-0.3, -0.25) is 4.79 Å². The van der Waals surface area contributed by atoms with Crippen LogP contribution >= 0.6 is 0 Å². The molecule has 18 heavy (non-hydrogen) atoms. The summed E-state index contributed by atoms with van der Waals surface area (Å²) in [4.78, 5) is 35.7. The lowest BCUT2D eigenvalue weighted by Crippen LogP contribution is -2.10. The number of nitrogens with one attached hydrogen (secondary N) is 1. The van der Waals surface area contributed by atoms with E-state index in [2.05, 4.69) is 4.79 Å². The van der Waals surface area contributed by atoms with Gasteiger partial charge in [0.2, 0.25) is 5.78 Å². The van der Waals surface area contributed by atoms with E-state index in [1.165, 1.54) is 6.07 Å². The number of aromatic carboxylic acids is 2. The van der Waals surface area contributed by atoms with Crippen molar-refractivity contribution in [3.63, 3.8) is 0 Å². The SMILES string of the molecule is N=[N+]=CC(=O)Cc1ccc(C(=O)O)c(C(=O)O)c1. The van der Waals surface area contributed by atoms with Crippen LogP contribution in [0.3, 0.4) is 0 Å². The van der Waals surface area contributed by atoms with Crippen LogP contribution in [0.25, 0.3) is 0 Å². The first-order chi connectivity index (χ1) is 8.45. The maximum Gasteiger partial charge on any atom is 0.372 e. The van der Waals surface area contributed by atoms with Crippen LogP contribution in [0.15, 0.2) is 18.2 Å². The molecule has 0 saturated carbocycles. The molecule has 0 amide bonds. The summed E-state index contributed by atoms with van der Waals surface area (Å²) in [6, 6.07) is 3.61. The van der Waals surface area contributed by atoms with Gasteiger partial charge in [0.05, 0.1) is 21.4 Å². The van der Waals surface area contributed by atoms with Gasteiger partial charge < -0.3 is 10.2 Å². The molecule has 0 unspecified atom stereocenters. The molecular formula is C11H9N2O5+. The highest BCUT2D eigenvalue weighted by atomic mass is 16.4. The summed E-state index contributed by atoms with van der Waals surface area (Å²) in [7, 11) is 0. The Labute approximate surface area is 101 Å². The van der Waals surface area contributed by atoms with Crippen LogP contribution in [0.5, 0.6) is 0 Å². The molecule has 0 atom stereocenters. The van der Waals surface area contributed by atoms with Crippen molar-refractivity contribution in [2.45, 2.75) is 6.42 Å². The minimum Gasteiger partial charge on any atom is -0.478 e. The summed E-state index contributed by atoms with van der Waals surface area (Å²) in [6.07, 6.45) is 0.661. The molecule has 0 heterocycles. The lowest BCUT2D eigenvalue weighted by Gasteiger charge is -2.03. The third kappa shape index (κ3) is 3.10. The minimum atomic E-state index is -1.38. The van der Waals surface area contributed by atoms with Gasteiger partial charge in [0.15, 0.2) is 0 Å². The Hall–Kier alpha value is -2.79. The summed E-state index contributed by atoms with van der Waals surface area (Å²) in [5.74, 6) is -3.20. The van der Waals surface area contributed by atoms with E-state index in [0.717, 1.165) is 18.3 Å². The molecule has 1 aromatic rings. The summed E-state index contributed by atoms with van der Waals surface area (Å²) in [5.41, 5.74) is 6.11. The summed E-state index contributed by atoms with van der Waals surface area (Å²) in [6.45, 7) is 0. The van der Waals surface area contributed by atoms with Gasteiger partial charge in [0, 0.05) is 6.42 Å². The predicted octanol–water partition coefficient (Wildman–Crippen LogP) is 0.505. The van der Waals surface area contributed by atoms with Gasteiger partial charge in [-0.15, -0.1) is 0 Å². The van der Waals surface area contributed by atoms with E-state index in [9.17, 15) is 14.4 Å². The van der Waals surface area contributed by atoms with E-state index in [1.54, 1.807) is 0 Å². The Morgan fingerprint density at radius 1 is 1.17 bits per heavy atom. The van der Waals surface area contributed by atoms with Crippen molar-refractivity contribution in [3.8, 4) is 0 Å². The van der Waals surface area contributed by atoms with Crippen LogP contribution < -0.4 is 0 Å². The number of benzene rings is 1. The largest absolute Gasteiger partial charge is 0.478 e. The average Bonchev–Trinajstić information content (AvgIpc) is 2.28. The molecule has 7 nitrogen and oxygen atoms in total. The Morgan fingerprint density at radius 3 is 2.28 bits per heavy atom. The molecule has 0 aliphatic heterocycles. The summed E-state index contributed by atoms with van der Waals surface area (Å²) in [5, 5.41) is 17.7. The number of ketones is 1. The molecule has 7 heteroatoms. The van der Waals surface area contributed by atoms with E-state index >= 15 is 0 Å². The van der Waals surface area contributed by atoms with Gasteiger partial charge in [-0.1, -0.05) is 6.07 Å². The lowest BCUT2D eigenvalue weighted by molar-refractivity contribution is -0.130. The number of carbonyl (C=O) groups excluding carboxylic acids is 1. The first-order valence-corrected chi connectivity index (χ1v) is 4.78. The predicted molar refractivity (Wildman–Crippen MR) is 58.1 cm³/mol. The molecule has 0 aromatic heterocycles. The fourth-order valence-corrected chi connectivity index (χ4v) is 1.38. The van der Waals surface area contributed by atoms with Gasteiger partial charge in [0.25, 0.3) is 0 Å². The van der Waals surface area contributed by atoms with Crippen molar-refractivity contribution in [1.82, 2.24) is 0 Å². The summed E-state index contributed by atoms with van der Waals surface area (Å²) >= 11 is 0. The fourth-order valence-electron chi connectivity index (χ4n) is 1.38. The number of hydrogen-bond donors (Lipinski definition) is 3. The molecule has 0 bridgehead atoms. The first kappa shape index (κ1) is 13.3. The zero-order valence-corrected chi connectivity index (χ0v) is 9.08. The molecular weight excluding hydrogens is 240 g/mol. The van der Waals surface area contributed by atoms with Crippen LogP contribution in [0, 0.1) is 5.53 Å². The van der Waals surface area contributed by atoms with Crippen molar-refractivity contribution < 1.29 is 29.4 Å². The molecule has 92 valence electrons. The quantitative estimate of drug-likeness (QED) is 0.397. The number of hydrogen-bond acceptors (Lipinski definition) is 4. The zero-order valence-electron chi connectivity index (χ0n) is 9.08. The van der Waals surface area contributed by atoms with Gasteiger partial charge in [0.1, 0.15) is 0 Å². The third-order valence-corrected chi connectivity index (χ3v) is 2.13. The number of carbonyl (C=O) groups is 3. The second-order valence-corrected chi connectivity index (χ2v) is 3.39. The fraction of sp³-hybridized carbons (Fsp3) is 0.0909. The molecule has 0 aliphatic rings. The zero-order chi connectivity index (χ0) is 13.7. The third-order valence-electron chi connectivity index (χ3n) is 2.13. The van der Waals surface area contributed by atoms with E-state index in [1.807, 2.05) is 0 Å². The molecule has 0 radical (unpaired) electrons. The van der Waals surface area contributed by atoms with Gasteiger partial charge >= 0.3 is 18.2 Å². The second kappa shape index (κ2) is 5.51. The molecule has 0 aliphatic carbocycles. The topological polar surface area (TPSA) is 130 Å². The number of carboxylic acids is 2. The van der Waals surface area contributed by atoms with Crippen LogP contribution in [-0.2, 0) is 11.2 Å². The number of carboxylic acid groups (broad SMARTS) is 2. The molecule has 1 rings (SSSR count). The molecule has 0 spiro atoms. The van der Waals surface area contributed by atoms with E-state index in [0.29, 0.717) is 5.56 Å². The highest BCUT2D eigenvalue weighted by Gasteiger charge is 2.17. The van der Waals surface area contributed by atoms with E-state index in [4.69, 9.17) is 15.7 Å². The van der Waals surface area contributed by atoms with Gasteiger partial charge in [-0.2, -0.15) is 0 Å². The van der Waals surface area contributed by atoms with Crippen molar-refractivity contribution in [3.05, 3.63) is 34.9 Å². The maximum absolute atomic E-state index is 11.2. The Kier molecular flexibility index (Phi) is 4.07. The van der Waals surface area contributed by atoms with Crippen molar-refractivity contribution in [1.29, 1.82) is 5.53 Å². The highest BCUT2D eigenvalue weighted by Crippen LogP contribution is 2.13. The Morgan fingerprint density at radius 2 is 1.78 bits per heavy atom. The maximum atomic E-state index is 11.2. The van der Waals surface area contributed by atoms with Crippen LogP contribution in [0.1, 0.15) is 26.3 Å². The Bertz CT molecular complexity index is 573. The number of rotatable bonds is 5. The standard InChI is InChI=1S/C11H8N2O5/c12-13-5-7(14)3-6-1-2-8(10(15)16)9(4-6)11(17)18/h1-2,4-5,12H,3H2,(H-,15,16,17,18)/p+1. The molecule has 0 saturated heterocycles. The normalized spacial score (nSPS) is 9.33. The molecule has 1 aromatic carbocycles. The molecule has 3 N–H and O–H groups in total. The van der Waals surface area contributed by atoms with Crippen molar-refractivity contribution in [2.24, 2.45) is 0 Å². The smallest absolute Gasteiger partial charge is 0.372 e. The highest BCUT2D eigenvalue weighted by molar-refractivity contribution is 6.25. The van der Waals surface area contributed by atoms with E-state index in [-0.39, 0.29) is 17.5 Å². The first-order valence-electron chi connectivity index (χ1n) is 4.78. The van der Waals surface area contributed by atoms with Crippen molar-refractivity contribution >= 4 is 23.9 Å². The van der Waals surface area contributed by atoms with Crippen LogP contribution in [0.2, 0.25) is 0 Å². The minimum absolute atomic E-state index is 0.136. The average molecular weight is 249 g/mol. The summed E-state index contributed by atoms with van der Waals surface area (Å²) < 4.78 is 0. The lowest BCUT2D eigenvalue weighted by atomic mass is 10.0. The molecule has 0 fully saturated rings. The second-order valence-electron chi connectivity index (χ2n) is 3.39. The van der Waals surface area contributed by atoms with Crippen LogP contribution in [-0.4, -0.2) is 38.9 Å². The van der Waals surface area contributed by atoms with Crippen molar-refractivity contribution in [2.75, 3.05) is 0 Å². The Balaban J connectivity index is 3.15. The number of Topliss-reactive ketones (excluding diaryl/α,β-unsaturated/α-hetero) is 1.